The summed E-state index contributed by atoms with van der Waals surface area (Å²) >= 11 is 0. The third-order valence-electron chi connectivity index (χ3n) is 5.24. The largest absolute Gasteiger partial charge is 0.479 e. The zero-order chi connectivity index (χ0) is 22.4. The van der Waals surface area contributed by atoms with Crippen LogP contribution in [0.1, 0.15) is 6.23 Å². The third kappa shape index (κ3) is 3.70. The lowest BCUT2D eigenvalue weighted by Crippen LogP contribution is -2.60. The average molecular weight is 443 g/mol. The number of aromatic nitrogens is 4. The van der Waals surface area contributed by atoms with Crippen LogP contribution in [0.4, 0.5) is 5.82 Å². The maximum atomic E-state index is 11.2. The molecule has 15 heteroatoms. The summed E-state index contributed by atoms with van der Waals surface area (Å²) in [5.74, 6) is -1.44. The lowest BCUT2D eigenvalue weighted by molar-refractivity contribution is -0.299. The molecule has 15 nitrogen and oxygen atoms in total. The summed E-state index contributed by atoms with van der Waals surface area (Å²) in [4.78, 5) is 23.1. The van der Waals surface area contributed by atoms with Crippen LogP contribution >= 0.6 is 0 Å². The van der Waals surface area contributed by atoms with Crippen molar-refractivity contribution in [2.45, 2.75) is 55.2 Å². The molecular weight excluding hydrogens is 422 g/mol. The lowest BCUT2D eigenvalue weighted by Gasteiger charge is -2.38. The normalized spacial score (nSPS) is 38.5. The van der Waals surface area contributed by atoms with Gasteiger partial charge in [0, 0.05) is 0 Å². The van der Waals surface area contributed by atoms with Gasteiger partial charge in [-0.25, -0.2) is 19.7 Å². The van der Waals surface area contributed by atoms with Gasteiger partial charge in [0.25, 0.3) is 0 Å². The van der Waals surface area contributed by atoms with Gasteiger partial charge in [0.1, 0.15) is 48.5 Å². The Labute approximate surface area is 173 Å². The second kappa shape index (κ2) is 8.21. The average Bonchev–Trinajstić information content (AvgIpc) is 3.28. The van der Waals surface area contributed by atoms with Gasteiger partial charge < -0.3 is 50.6 Å². The third-order valence-corrected chi connectivity index (χ3v) is 5.24. The van der Waals surface area contributed by atoms with Gasteiger partial charge in [0.2, 0.25) is 0 Å². The number of nitrogens with two attached hydrogens (primary N) is 1. The van der Waals surface area contributed by atoms with Crippen molar-refractivity contribution in [1.29, 1.82) is 0 Å². The highest BCUT2D eigenvalue weighted by molar-refractivity contribution is 5.81. The van der Waals surface area contributed by atoms with Crippen LogP contribution in [-0.4, -0.2) is 112 Å². The van der Waals surface area contributed by atoms with E-state index in [1.165, 1.54) is 17.2 Å². The zero-order valence-electron chi connectivity index (χ0n) is 15.7. The van der Waals surface area contributed by atoms with Crippen molar-refractivity contribution in [3.05, 3.63) is 12.7 Å². The molecule has 0 saturated carbocycles. The molecule has 0 aromatic carbocycles. The number of nitrogens with zero attached hydrogens (tertiary/aromatic N) is 4. The molecule has 0 spiro atoms. The number of rotatable bonds is 5. The predicted octanol–water partition coefficient (Wildman–Crippen LogP) is -4.06. The minimum atomic E-state index is -1.86. The van der Waals surface area contributed by atoms with Gasteiger partial charge in [-0.2, -0.15) is 0 Å². The first-order chi connectivity index (χ1) is 14.7. The molecule has 0 unspecified atom stereocenters. The molecule has 2 aromatic rings. The van der Waals surface area contributed by atoms with Crippen LogP contribution in [0, 0.1) is 0 Å². The monoisotopic (exact) mass is 443 g/mol. The molecule has 2 aromatic heterocycles. The van der Waals surface area contributed by atoms with E-state index < -0.39 is 67.8 Å². The molecule has 0 radical (unpaired) electrons. The highest BCUT2D eigenvalue weighted by Crippen LogP contribution is 2.33. The van der Waals surface area contributed by atoms with E-state index in [1.54, 1.807) is 0 Å². The second-order valence-corrected chi connectivity index (χ2v) is 7.20. The van der Waals surface area contributed by atoms with Crippen molar-refractivity contribution < 1.29 is 49.6 Å². The molecule has 2 aliphatic heterocycles. The van der Waals surface area contributed by atoms with Crippen LogP contribution in [0.3, 0.4) is 0 Å². The Hall–Kier alpha value is -2.50. The number of aliphatic hydroxyl groups is 5. The fraction of sp³-hybridized carbons (Fsp3) is 0.625. The highest BCUT2D eigenvalue weighted by Gasteiger charge is 2.49. The maximum Gasteiger partial charge on any atom is 0.335 e. The van der Waals surface area contributed by atoms with Gasteiger partial charge >= 0.3 is 5.97 Å². The fourth-order valence-electron chi connectivity index (χ4n) is 3.53. The molecule has 4 rings (SSSR count). The fourth-order valence-corrected chi connectivity index (χ4v) is 3.53. The van der Waals surface area contributed by atoms with Crippen LogP contribution in [0.15, 0.2) is 12.7 Å². The standard InChI is InChI=1S/C16H21N5O10/c17-12-5-13(19-2-18-12)21(3-20-5)14-9(25)6(22)4(30-14)1-29-16-10(26)7(23)8(24)11(31-16)15(27)28/h2-4,6-11,14,16,22-26H,1H2,(H,27,28)(H2,17,18,19)/t4-,6-,7+,8+,9-,10-,11+,14-,16-/m1/s1. The number of anilines is 1. The van der Waals surface area contributed by atoms with Crippen LogP contribution in [0.2, 0.25) is 0 Å². The second-order valence-electron chi connectivity index (χ2n) is 7.20. The van der Waals surface area contributed by atoms with E-state index in [2.05, 4.69) is 15.0 Å². The number of hydrogen-bond acceptors (Lipinski definition) is 13. The van der Waals surface area contributed by atoms with Gasteiger partial charge in [0.05, 0.1) is 12.9 Å². The number of aliphatic hydroxyl groups excluding tert-OH is 5. The Bertz CT molecular complexity index is 958. The highest BCUT2D eigenvalue weighted by atomic mass is 16.7. The first kappa shape index (κ1) is 21.7. The number of nitrogen functional groups attached to an aromatic ring is 1. The van der Waals surface area contributed by atoms with Crippen LogP contribution in [-0.2, 0) is 19.0 Å². The van der Waals surface area contributed by atoms with Gasteiger partial charge in [-0.15, -0.1) is 0 Å². The molecule has 170 valence electrons. The minimum Gasteiger partial charge on any atom is -0.479 e. The number of carbonyl (C=O) groups is 1. The van der Waals surface area contributed by atoms with Crippen molar-refractivity contribution in [3.63, 3.8) is 0 Å². The smallest absolute Gasteiger partial charge is 0.335 e. The Balaban J connectivity index is 1.46. The van der Waals surface area contributed by atoms with E-state index in [1.807, 2.05) is 0 Å². The topological polar surface area (TPSA) is 236 Å². The zero-order valence-corrected chi connectivity index (χ0v) is 15.7. The Morgan fingerprint density at radius 1 is 1.03 bits per heavy atom. The van der Waals surface area contributed by atoms with Crippen molar-refractivity contribution in [1.82, 2.24) is 19.5 Å². The van der Waals surface area contributed by atoms with E-state index in [9.17, 15) is 30.3 Å². The van der Waals surface area contributed by atoms with Crippen molar-refractivity contribution >= 4 is 23.0 Å². The van der Waals surface area contributed by atoms with E-state index in [-0.39, 0.29) is 17.0 Å². The molecule has 0 bridgehead atoms. The van der Waals surface area contributed by atoms with E-state index in [0.29, 0.717) is 0 Å². The summed E-state index contributed by atoms with van der Waals surface area (Å²) in [5, 5.41) is 59.4. The Morgan fingerprint density at radius 2 is 1.77 bits per heavy atom. The van der Waals surface area contributed by atoms with E-state index in [0.717, 1.165) is 0 Å². The molecule has 2 fully saturated rings. The number of carboxylic acids is 1. The Morgan fingerprint density at radius 3 is 2.48 bits per heavy atom. The van der Waals surface area contributed by atoms with Gasteiger partial charge in [0.15, 0.2) is 30.1 Å². The predicted molar refractivity (Wildman–Crippen MR) is 95.9 cm³/mol. The summed E-state index contributed by atoms with van der Waals surface area (Å²) in [6.07, 6.45) is -11.5. The summed E-state index contributed by atoms with van der Waals surface area (Å²) in [6, 6.07) is 0. The summed E-state index contributed by atoms with van der Waals surface area (Å²) in [7, 11) is 0. The van der Waals surface area contributed by atoms with E-state index >= 15 is 0 Å². The summed E-state index contributed by atoms with van der Waals surface area (Å²) in [5.41, 5.74) is 6.28. The van der Waals surface area contributed by atoms with Gasteiger partial charge in [-0.05, 0) is 0 Å². The molecule has 4 heterocycles. The lowest BCUT2D eigenvalue weighted by atomic mass is 9.99. The number of carboxylic acid groups (broad SMARTS) is 1. The summed E-state index contributed by atoms with van der Waals surface area (Å²) < 4.78 is 17.3. The van der Waals surface area contributed by atoms with Crippen LogP contribution in [0.25, 0.3) is 11.2 Å². The number of fused-ring (bicyclic) bond motifs is 1. The minimum absolute atomic E-state index is 0.119. The van der Waals surface area contributed by atoms with Gasteiger partial charge in [-0.3, -0.25) is 4.57 Å². The first-order valence-electron chi connectivity index (χ1n) is 9.19. The molecule has 2 saturated heterocycles. The molecule has 0 aliphatic carbocycles. The molecule has 0 amide bonds. The number of aliphatic carboxylic acids is 1. The summed E-state index contributed by atoms with van der Waals surface area (Å²) in [6.45, 7) is -0.449. The maximum absolute atomic E-state index is 11.2. The van der Waals surface area contributed by atoms with Crippen molar-refractivity contribution in [3.8, 4) is 0 Å². The van der Waals surface area contributed by atoms with Crippen LogP contribution in [0.5, 0.6) is 0 Å². The van der Waals surface area contributed by atoms with Crippen molar-refractivity contribution in [2.24, 2.45) is 0 Å². The van der Waals surface area contributed by atoms with Crippen LogP contribution < -0.4 is 5.73 Å². The SMILES string of the molecule is Nc1ncnc2c1ncn2[C@@H]1O[C@H](CO[C@@H]2O[C@H](C(=O)O)[C@@H](O)[C@H](O)[C@H]2O)[C@@H](O)[C@H]1O. The molecule has 31 heavy (non-hydrogen) atoms. The van der Waals surface area contributed by atoms with Crippen molar-refractivity contribution in [2.75, 3.05) is 12.3 Å². The van der Waals surface area contributed by atoms with Gasteiger partial charge in [-0.1, -0.05) is 0 Å². The quantitative estimate of drug-likeness (QED) is 0.233. The van der Waals surface area contributed by atoms with E-state index in [4.69, 9.17) is 25.1 Å². The molecule has 9 atom stereocenters. The first-order valence-corrected chi connectivity index (χ1v) is 9.19. The molecule has 2 aliphatic rings. The number of hydrogen-bond donors (Lipinski definition) is 7. The Kier molecular flexibility index (Phi) is 5.75. The number of ether oxygens (including phenoxy) is 3. The number of imidazole rings is 1. The molecular formula is C16H21N5O10. The molecule has 8 N–H and O–H groups in total.